The number of nitrogens with zero attached hydrogens (tertiary/aromatic N) is 1. The van der Waals surface area contributed by atoms with Crippen molar-refractivity contribution in [3.05, 3.63) is 0 Å². The van der Waals surface area contributed by atoms with Gasteiger partial charge < -0.3 is 9.84 Å². The minimum atomic E-state index is -1.21. The van der Waals surface area contributed by atoms with Crippen LogP contribution in [0.5, 0.6) is 0 Å². The average molecular weight is 141 g/mol. The van der Waals surface area contributed by atoms with Crippen molar-refractivity contribution in [3.8, 4) is 6.07 Å². The lowest BCUT2D eigenvalue weighted by atomic mass is 9.96. The Morgan fingerprint density at radius 2 is 2.60 bits per heavy atom. The summed E-state index contributed by atoms with van der Waals surface area (Å²) in [5, 5.41) is 18.0. The summed E-state index contributed by atoms with van der Waals surface area (Å²) in [4.78, 5) is 0. The summed E-state index contributed by atoms with van der Waals surface area (Å²) in [6, 6.07) is 1.87. The van der Waals surface area contributed by atoms with Gasteiger partial charge in [0, 0.05) is 6.42 Å². The van der Waals surface area contributed by atoms with Crippen molar-refractivity contribution in [1.82, 2.24) is 0 Å². The van der Waals surface area contributed by atoms with E-state index in [2.05, 4.69) is 0 Å². The van der Waals surface area contributed by atoms with E-state index >= 15 is 0 Å². The SMILES string of the molecule is CCC1OCCC1(O)C#N. The van der Waals surface area contributed by atoms with E-state index in [1.54, 1.807) is 0 Å². The lowest BCUT2D eigenvalue weighted by Crippen LogP contribution is -2.35. The molecule has 0 aliphatic carbocycles. The van der Waals surface area contributed by atoms with Gasteiger partial charge in [-0.05, 0) is 6.42 Å². The van der Waals surface area contributed by atoms with Crippen LogP contribution in [0.3, 0.4) is 0 Å². The highest BCUT2D eigenvalue weighted by Crippen LogP contribution is 2.26. The summed E-state index contributed by atoms with van der Waals surface area (Å²) >= 11 is 0. The van der Waals surface area contributed by atoms with E-state index in [-0.39, 0.29) is 6.10 Å². The molecule has 1 aliphatic heterocycles. The van der Waals surface area contributed by atoms with Gasteiger partial charge in [-0.15, -0.1) is 0 Å². The lowest BCUT2D eigenvalue weighted by Gasteiger charge is -2.18. The van der Waals surface area contributed by atoms with Gasteiger partial charge in [0.1, 0.15) is 6.07 Å². The first-order valence-corrected chi connectivity index (χ1v) is 3.48. The third kappa shape index (κ3) is 1.00. The molecule has 2 atom stereocenters. The van der Waals surface area contributed by atoms with Crippen LogP contribution in [0, 0.1) is 11.3 Å². The molecule has 0 amide bonds. The molecule has 0 radical (unpaired) electrons. The molecule has 1 aliphatic rings. The molecule has 0 bridgehead atoms. The summed E-state index contributed by atoms with van der Waals surface area (Å²) in [5.74, 6) is 0. The largest absolute Gasteiger partial charge is 0.374 e. The molecule has 1 saturated heterocycles. The van der Waals surface area contributed by atoms with Crippen molar-refractivity contribution in [2.24, 2.45) is 0 Å². The van der Waals surface area contributed by atoms with Crippen molar-refractivity contribution in [1.29, 1.82) is 5.26 Å². The number of rotatable bonds is 1. The normalized spacial score (nSPS) is 39.5. The van der Waals surface area contributed by atoms with E-state index in [0.29, 0.717) is 19.4 Å². The molecule has 1 heterocycles. The summed E-state index contributed by atoms with van der Waals surface area (Å²) < 4.78 is 5.14. The van der Waals surface area contributed by atoms with Crippen LogP contribution < -0.4 is 0 Å². The van der Waals surface area contributed by atoms with Crippen LogP contribution in [0.15, 0.2) is 0 Å². The molecular weight excluding hydrogens is 130 g/mol. The van der Waals surface area contributed by atoms with Gasteiger partial charge in [-0.3, -0.25) is 0 Å². The Hall–Kier alpha value is -0.590. The molecule has 1 fully saturated rings. The number of ether oxygens (including phenoxy) is 1. The van der Waals surface area contributed by atoms with Crippen LogP contribution in [0.25, 0.3) is 0 Å². The van der Waals surface area contributed by atoms with Gasteiger partial charge in [0.15, 0.2) is 5.60 Å². The Morgan fingerprint density at radius 3 is 3.00 bits per heavy atom. The van der Waals surface area contributed by atoms with Crippen molar-refractivity contribution >= 4 is 0 Å². The Morgan fingerprint density at radius 1 is 1.90 bits per heavy atom. The summed E-state index contributed by atoms with van der Waals surface area (Å²) in [6.07, 6.45) is 0.865. The Kier molecular flexibility index (Phi) is 1.93. The van der Waals surface area contributed by atoms with Crippen molar-refractivity contribution in [2.45, 2.75) is 31.5 Å². The fourth-order valence-corrected chi connectivity index (χ4v) is 1.24. The van der Waals surface area contributed by atoms with Gasteiger partial charge in [0.2, 0.25) is 0 Å². The topological polar surface area (TPSA) is 53.2 Å². The van der Waals surface area contributed by atoms with Crippen LogP contribution in [0.4, 0.5) is 0 Å². The predicted octanol–water partition coefficient (Wildman–Crippen LogP) is 0.440. The zero-order valence-electron chi connectivity index (χ0n) is 6.00. The minimum absolute atomic E-state index is 0.280. The fourth-order valence-electron chi connectivity index (χ4n) is 1.24. The Labute approximate surface area is 60.2 Å². The van der Waals surface area contributed by atoms with E-state index in [1.165, 1.54) is 0 Å². The first-order valence-electron chi connectivity index (χ1n) is 3.48. The standard InChI is InChI=1S/C7H11NO2/c1-2-6-7(9,5-8)3-4-10-6/h6,9H,2-4H2,1H3. The smallest absolute Gasteiger partial charge is 0.179 e. The molecule has 56 valence electrons. The zero-order chi connectivity index (χ0) is 7.61. The van der Waals surface area contributed by atoms with Crippen LogP contribution in [-0.4, -0.2) is 23.4 Å². The summed E-state index contributed by atoms with van der Waals surface area (Å²) in [7, 11) is 0. The zero-order valence-corrected chi connectivity index (χ0v) is 6.00. The number of aliphatic hydroxyl groups is 1. The van der Waals surface area contributed by atoms with Gasteiger partial charge in [0.25, 0.3) is 0 Å². The molecule has 1 rings (SSSR count). The minimum Gasteiger partial charge on any atom is -0.374 e. The number of hydrogen-bond acceptors (Lipinski definition) is 3. The van der Waals surface area contributed by atoms with Crippen LogP contribution in [-0.2, 0) is 4.74 Å². The van der Waals surface area contributed by atoms with E-state index < -0.39 is 5.60 Å². The molecule has 0 aromatic heterocycles. The van der Waals surface area contributed by atoms with Gasteiger partial charge in [0.05, 0.1) is 12.7 Å². The predicted molar refractivity (Wildman–Crippen MR) is 35.2 cm³/mol. The number of nitriles is 1. The lowest BCUT2D eigenvalue weighted by molar-refractivity contribution is -0.000897. The molecule has 0 spiro atoms. The first kappa shape index (κ1) is 7.52. The number of hydrogen-bond donors (Lipinski definition) is 1. The molecule has 0 aromatic rings. The van der Waals surface area contributed by atoms with E-state index in [9.17, 15) is 5.11 Å². The maximum Gasteiger partial charge on any atom is 0.179 e. The van der Waals surface area contributed by atoms with Gasteiger partial charge >= 0.3 is 0 Å². The summed E-state index contributed by atoms with van der Waals surface area (Å²) in [6.45, 7) is 2.40. The van der Waals surface area contributed by atoms with Crippen molar-refractivity contribution in [3.63, 3.8) is 0 Å². The molecule has 0 aromatic carbocycles. The van der Waals surface area contributed by atoms with Gasteiger partial charge in [-0.1, -0.05) is 6.92 Å². The maximum atomic E-state index is 9.47. The molecule has 2 unspecified atom stereocenters. The van der Waals surface area contributed by atoms with E-state index in [0.717, 1.165) is 0 Å². The molecule has 10 heavy (non-hydrogen) atoms. The highest BCUT2D eigenvalue weighted by molar-refractivity contribution is 5.08. The third-order valence-electron chi connectivity index (χ3n) is 1.90. The molecule has 0 saturated carbocycles. The van der Waals surface area contributed by atoms with Gasteiger partial charge in [-0.2, -0.15) is 5.26 Å². The molecule has 3 heteroatoms. The van der Waals surface area contributed by atoms with Crippen LogP contribution >= 0.6 is 0 Å². The van der Waals surface area contributed by atoms with E-state index in [4.69, 9.17) is 10.00 Å². The Balaban J connectivity index is 2.68. The summed E-state index contributed by atoms with van der Waals surface area (Å²) in [5.41, 5.74) is -1.21. The maximum absolute atomic E-state index is 9.47. The highest BCUT2D eigenvalue weighted by atomic mass is 16.5. The third-order valence-corrected chi connectivity index (χ3v) is 1.90. The quantitative estimate of drug-likeness (QED) is 0.539. The van der Waals surface area contributed by atoms with Crippen molar-refractivity contribution in [2.75, 3.05) is 6.61 Å². The Bertz CT molecular complexity index is 163. The fraction of sp³-hybridized carbons (Fsp3) is 0.857. The molecule has 1 N–H and O–H groups in total. The van der Waals surface area contributed by atoms with Crippen molar-refractivity contribution < 1.29 is 9.84 Å². The van der Waals surface area contributed by atoms with E-state index in [1.807, 2.05) is 13.0 Å². The highest BCUT2D eigenvalue weighted by Gasteiger charge is 2.41. The first-order chi connectivity index (χ1) is 4.73. The van der Waals surface area contributed by atoms with Crippen LogP contribution in [0.2, 0.25) is 0 Å². The molecule has 3 nitrogen and oxygen atoms in total. The average Bonchev–Trinajstić information content (AvgIpc) is 2.32. The van der Waals surface area contributed by atoms with Gasteiger partial charge in [-0.25, -0.2) is 0 Å². The molecular formula is C7H11NO2. The van der Waals surface area contributed by atoms with Crippen LogP contribution in [0.1, 0.15) is 19.8 Å². The monoisotopic (exact) mass is 141 g/mol. The second-order valence-corrected chi connectivity index (χ2v) is 2.55. The second kappa shape index (κ2) is 2.57. The second-order valence-electron chi connectivity index (χ2n) is 2.55.